The van der Waals surface area contributed by atoms with Gasteiger partial charge in [-0.2, -0.15) is 0 Å². The molecule has 2 rings (SSSR count). The first-order valence-electron chi connectivity index (χ1n) is 7.42. The van der Waals surface area contributed by atoms with Crippen molar-refractivity contribution in [2.24, 2.45) is 0 Å². The summed E-state index contributed by atoms with van der Waals surface area (Å²) >= 11 is 0. The van der Waals surface area contributed by atoms with Gasteiger partial charge in [0, 0.05) is 23.9 Å². The van der Waals surface area contributed by atoms with Crippen LogP contribution in [-0.4, -0.2) is 33.0 Å². The highest BCUT2D eigenvalue weighted by atomic mass is 19.4. The molecule has 0 unspecified atom stereocenters. The summed E-state index contributed by atoms with van der Waals surface area (Å²) in [7, 11) is 2.94. The maximum Gasteiger partial charge on any atom is 0.573 e. The molecule has 0 aromatic heterocycles. The fourth-order valence-electron chi connectivity index (χ4n) is 2.09. The van der Waals surface area contributed by atoms with Crippen LogP contribution in [0.15, 0.2) is 42.5 Å². The molecule has 2 aromatic rings. The Hall–Kier alpha value is -3.10. The van der Waals surface area contributed by atoms with E-state index >= 15 is 0 Å². The number of amides is 1. The second-order valence-electron chi connectivity index (χ2n) is 5.05. The standard InChI is InChI=1S/C17H17F3N2O4/c1-24-12-7-11(8-13(9-12)25-2)22-16(23)10-21-14-5-3-4-6-15(14)26-17(18,19)20/h3-9,21H,10H2,1-2H3,(H,22,23). The fourth-order valence-corrected chi connectivity index (χ4v) is 2.09. The summed E-state index contributed by atoms with van der Waals surface area (Å²) in [5.74, 6) is 0.0750. The lowest BCUT2D eigenvalue weighted by Gasteiger charge is -2.14. The molecule has 0 radical (unpaired) electrons. The van der Waals surface area contributed by atoms with Crippen molar-refractivity contribution in [1.82, 2.24) is 0 Å². The van der Waals surface area contributed by atoms with Crippen LogP contribution in [-0.2, 0) is 4.79 Å². The van der Waals surface area contributed by atoms with Crippen molar-refractivity contribution in [1.29, 1.82) is 0 Å². The van der Waals surface area contributed by atoms with Gasteiger partial charge in [0.1, 0.15) is 11.5 Å². The van der Waals surface area contributed by atoms with Crippen molar-refractivity contribution in [3.63, 3.8) is 0 Å². The normalized spacial score (nSPS) is 10.8. The first-order chi connectivity index (χ1) is 12.3. The van der Waals surface area contributed by atoms with Crippen LogP contribution < -0.4 is 24.8 Å². The number of benzene rings is 2. The van der Waals surface area contributed by atoms with Crippen LogP contribution >= 0.6 is 0 Å². The zero-order valence-electron chi connectivity index (χ0n) is 14.0. The zero-order chi connectivity index (χ0) is 19.2. The van der Waals surface area contributed by atoms with Gasteiger partial charge in [0.2, 0.25) is 5.91 Å². The van der Waals surface area contributed by atoms with E-state index < -0.39 is 18.0 Å². The van der Waals surface area contributed by atoms with Crippen molar-refractivity contribution < 1.29 is 32.2 Å². The molecule has 0 aliphatic heterocycles. The molecule has 1 amide bonds. The van der Waals surface area contributed by atoms with E-state index in [0.717, 1.165) is 6.07 Å². The lowest BCUT2D eigenvalue weighted by molar-refractivity contribution is -0.274. The number of carbonyl (C=O) groups is 1. The van der Waals surface area contributed by atoms with Crippen molar-refractivity contribution in [2.75, 3.05) is 31.4 Å². The summed E-state index contributed by atoms with van der Waals surface area (Å²) in [4.78, 5) is 12.1. The van der Waals surface area contributed by atoms with E-state index in [1.807, 2.05) is 0 Å². The first-order valence-corrected chi connectivity index (χ1v) is 7.42. The van der Waals surface area contributed by atoms with E-state index in [1.54, 1.807) is 18.2 Å². The molecule has 0 saturated carbocycles. The first kappa shape index (κ1) is 19.2. The molecular weight excluding hydrogens is 353 g/mol. The molecule has 140 valence electrons. The van der Waals surface area contributed by atoms with Crippen LogP contribution in [0.2, 0.25) is 0 Å². The Morgan fingerprint density at radius 1 is 1.04 bits per heavy atom. The number of halogens is 3. The quantitative estimate of drug-likeness (QED) is 0.779. The highest BCUT2D eigenvalue weighted by Crippen LogP contribution is 2.30. The third-order valence-electron chi connectivity index (χ3n) is 3.19. The largest absolute Gasteiger partial charge is 0.573 e. The second kappa shape index (κ2) is 8.32. The van der Waals surface area contributed by atoms with E-state index in [4.69, 9.17) is 9.47 Å². The number of hydrogen-bond acceptors (Lipinski definition) is 5. The third kappa shape index (κ3) is 5.76. The number of alkyl halides is 3. The highest BCUT2D eigenvalue weighted by molar-refractivity contribution is 5.94. The molecule has 0 aliphatic carbocycles. The predicted octanol–water partition coefficient (Wildman–Crippen LogP) is 3.65. The number of rotatable bonds is 7. The Morgan fingerprint density at radius 3 is 2.23 bits per heavy atom. The van der Waals surface area contributed by atoms with Crippen LogP contribution in [0.4, 0.5) is 24.5 Å². The molecule has 9 heteroatoms. The average Bonchev–Trinajstić information content (AvgIpc) is 2.59. The van der Waals surface area contributed by atoms with E-state index in [-0.39, 0.29) is 12.2 Å². The van der Waals surface area contributed by atoms with Crippen molar-refractivity contribution >= 4 is 17.3 Å². The second-order valence-corrected chi connectivity index (χ2v) is 5.05. The Kier molecular flexibility index (Phi) is 6.16. The number of carbonyl (C=O) groups excluding carboxylic acids is 1. The SMILES string of the molecule is COc1cc(NC(=O)CNc2ccccc2OC(F)(F)F)cc(OC)c1. The van der Waals surface area contributed by atoms with Crippen molar-refractivity contribution in [3.8, 4) is 17.2 Å². The maximum atomic E-state index is 12.4. The van der Waals surface area contributed by atoms with Gasteiger partial charge in [-0.25, -0.2) is 0 Å². The Labute approximate surface area is 147 Å². The monoisotopic (exact) mass is 370 g/mol. The molecule has 6 nitrogen and oxygen atoms in total. The summed E-state index contributed by atoms with van der Waals surface area (Å²) in [5.41, 5.74) is 0.469. The van der Waals surface area contributed by atoms with Crippen LogP contribution in [0.25, 0.3) is 0 Å². The van der Waals surface area contributed by atoms with E-state index in [0.29, 0.717) is 17.2 Å². The molecule has 2 aromatic carbocycles. The van der Waals surface area contributed by atoms with Crippen LogP contribution in [0.1, 0.15) is 0 Å². The summed E-state index contributed by atoms with van der Waals surface area (Å²) in [6.45, 7) is -0.266. The van der Waals surface area contributed by atoms with Crippen molar-refractivity contribution in [3.05, 3.63) is 42.5 Å². The van der Waals surface area contributed by atoms with Gasteiger partial charge < -0.3 is 24.8 Å². The topological polar surface area (TPSA) is 68.8 Å². The average molecular weight is 370 g/mol. The predicted molar refractivity (Wildman–Crippen MR) is 89.8 cm³/mol. The Morgan fingerprint density at radius 2 is 1.65 bits per heavy atom. The molecule has 0 bridgehead atoms. The van der Waals surface area contributed by atoms with Crippen LogP contribution in [0, 0.1) is 0 Å². The maximum absolute atomic E-state index is 12.4. The Balaban J connectivity index is 2.02. The van der Waals surface area contributed by atoms with E-state index in [2.05, 4.69) is 15.4 Å². The number of anilines is 2. The number of ether oxygens (including phenoxy) is 3. The minimum absolute atomic E-state index is 0.0446. The molecule has 0 fully saturated rings. The van der Waals surface area contributed by atoms with Gasteiger partial charge in [-0.05, 0) is 12.1 Å². The molecule has 0 heterocycles. The molecule has 0 spiro atoms. The van der Waals surface area contributed by atoms with Gasteiger partial charge in [0.25, 0.3) is 0 Å². The third-order valence-corrected chi connectivity index (χ3v) is 3.19. The lowest BCUT2D eigenvalue weighted by Crippen LogP contribution is -2.23. The lowest BCUT2D eigenvalue weighted by atomic mass is 10.2. The summed E-state index contributed by atoms with van der Waals surface area (Å²) in [6, 6.07) is 10.3. The summed E-state index contributed by atoms with van der Waals surface area (Å²) in [6.07, 6.45) is -4.82. The molecule has 0 saturated heterocycles. The number of nitrogens with one attached hydrogen (secondary N) is 2. The molecule has 26 heavy (non-hydrogen) atoms. The van der Waals surface area contributed by atoms with Gasteiger partial charge >= 0.3 is 6.36 Å². The molecule has 0 atom stereocenters. The highest BCUT2D eigenvalue weighted by Gasteiger charge is 2.32. The molecule has 2 N–H and O–H groups in total. The molecule has 0 aliphatic rings. The van der Waals surface area contributed by atoms with Gasteiger partial charge in [-0.1, -0.05) is 12.1 Å². The van der Waals surface area contributed by atoms with Crippen LogP contribution in [0.3, 0.4) is 0 Å². The van der Waals surface area contributed by atoms with Gasteiger partial charge in [0.05, 0.1) is 26.5 Å². The minimum Gasteiger partial charge on any atom is -0.497 e. The number of methoxy groups -OCH3 is 2. The van der Waals surface area contributed by atoms with Gasteiger partial charge in [-0.3, -0.25) is 4.79 Å². The fraction of sp³-hybridized carbons (Fsp3) is 0.235. The molecular formula is C17H17F3N2O4. The Bertz CT molecular complexity index is 744. The summed E-state index contributed by atoms with van der Waals surface area (Å²) < 4.78 is 51.3. The summed E-state index contributed by atoms with van der Waals surface area (Å²) in [5, 5.41) is 5.22. The van der Waals surface area contributed by atoms with Gasteiger partial charge in [-0.15, -0.1) is 13.2 Å². The van der Waals surface area contributed by atoms with E-state index in [9.17, 15) is 18.0 Å². The van der Waals surface area contributed by atoms with E-state index in [1.165, 1.54) is 32.4 Å². The van der Waals surface area contributed by atoms with Crippen LogP contribution in [0.5, 0.6) is 17.2 Å². The minimum atomic E-state index is -4.82. The van der Waals surface area contributed by atoms with Crippen molar-refractivity contribution in [2.45, 2.75) is 6.36 Å². The van der Waals surface area contributed by atoms with Gasteiger partial charge in [0.15, 0.2) is 5.75 Å². The number of para-hydroxylation sites is 2. The smallest absolute Gasteiger partial charge is 0.497 e. The zero-order valence-corrected chi connectivity index (χ0v) is 14.0. The number of hydrogen-bond donors (Lipinski definition) is 2.